The third kappa shape index (κ3) is 5.19. The molecule has 0 spiro atoms. The molecule has 0 aromatic rings. The van der Waals surface area contributed by atoms with Gasteiger partial charge in [-0.15, -0.1) is 0 Å². The van der Waals surface area contributed by atoms with E-state index >= 15 is 0 Å². The number of likely N-dealkylation sites (N-methyl/N-ethyl adjacent to an activating group) is 1. The molecule has 0 bridgehead atoms. The summed E-state index contributed by atoms with van der Waals surface area (Å²) in [5.74, 6) is 0.0272. The molecule has 0 aromatic heterocycles. The van der Waals surface area contributed by atoms with Gasteiger partial charge in [0.2, 0.25) is 5.91 Å². The SMILES string of the molecule is CCNC(=O)C(C)NCC(C)(C)OC. The lowest BCUT2D eigenvalue weighted by Gasteiger charge is -2.25. The highest BCUT2D eigenvalue weighted by Gasteiger charge is 2.19. The summed E-state index contributed by atoms with van der Waals surface area (Å²) >= 11 is 0. The van der Waals surface area contributed by atoms with Gasteiger partial charge < -0.3 is 15.4 Å². The Bertz CT molecular complexity index is 181. The average Bonchev–Trinajstić information content (AvgIpc) is 2.15. The lowest BCUT2D eigenvalue weighted by Crippen LogP contribution is -2.47. The summed E-state index contributed by atoms with van der Waals surface area (Å²) in [4.78, 5) is 11.3. The van der Waals surface area contributed by atoms with Crippen molar-refractivity contribution in [3.63, 3.8) is 0 Å². The maximum Gasteiger partial charge on any atom is 0.236 e. The molecule has 0 saturated heterocycles. The number of carbonyl (C=O) groups excluding carboxylic acids is 1. The van der Waals surface area contributed by atoms with Gasteiger partial charge in [0, 0.05) is 20.2 Å². The molecule has 0 fully saturated rings. The molecular formula is C10H22N2O2. The summed E-state index contributed by atoms with van der Waals surface area (Å²) in [6.07, 6.45) is 0. The molecule has 1 unspecified atom stereocenters. The smallest absolute Gasteiger partial charge is 0.236 e. The zero-order valence-electron chi connectivity index (χ0n) is 9.81. The summed E-state index contributed by atoms with van der Waals surface area (Å²) in [6, 6.07) is -0.177. The third-order valence-corrected chi connectivity index (χ3v) is 2.13. The molecule has 1 atom stereocenters. The highest BCUT2D eigenvalue weighted by atomic mass is 16.5. The van der Waals surface area contributed by atoms with Gasteiger partial charge in [0.05, 0.1) is 11.6 Å². The van der Waals surface area contributed by atoms with Crippen molar-refractivity contribution in [1.29, 1.82) is 0 Å². The number of hydrogen-bond donors (Lipinski definition) is 2. The van der Waals surface area contributed by atoms with Gasteiger partial charge in [0.15, 0.2) is 0 Å². The van der Waals surface area contributed by atoms with Crippen LogP contribution in [0.3, 0.4) is 0 Å². The maximum absolute atomic E-state index is 11.3. The summed E-state index contributed by atoms with van der Waals surface area (Å²) in [6.45, 7) is 9.02. The van der Waals surface area contributed by atoms with Crippen molar-refractivity contribution in [2.45, 2.75) is 39.3 Å². The minimum absolute atomic E-state index is 0.0272. The van der Waals surface area contributed by atoms with Crippen LogP contribution in [0, 0.1) is 0 Å². The first kappa shape index (κ1) is 13.4. The normalized spacial score (nSPS) is 13.8. The highest BCUT2D eigenvalue weighted by molar-refractivity contribution is 5.81. The van der Waals surface area contributed by atoms with Gasteiger partial charge in [-0.2, -0.15) is 0 Å². The molecule has 1 amide bonds. The van der Waals surface area contributed by atoms with Crippen LogP contribution in [-0.4, -0.2) is 37.7 Å². The van der Waals surface area contributed by atoms with Crippen LogP contribution in [0.5, 0.6) is 0 Å². The van der Waals surface area contributed by atoms with Crippen LogP contribution in [0.25, 0.3) is 0 Å². The molecule has 0 rings (SSSR count). The predicted molar refractivity (Wildman–Crippen MR) is 57.2 cm³/mol. The molecule has 0 aromatic carbocycles. The third-order valence-electron chi connectivity index (χ3n) is 2.13. The van der Waals surface area contributed by atoms with Crippen LogP contribution in [0.15, 0.2) is 0 Å². The second-order valence-electron chi connectivity index (χ2n) is 3.96. The van der Waals surface area contributed by atoms with Gasteiger partial charge in [-0.3, -0.25) is 4.79 Å². The number of hydrogen-bond acceptors (Lipinski definition) is 3. The van der Waals surface area contributed by atoms with Gasteiger partial charge in [-0.05, 0) is 27.7 Å². The van der Waals surface area contributed by atoms with Gasteiger partial charge in [0.25, 0.3) is 0 Å². The Balaban J connectivity index is 3.84. The van der Waals surface area contributed by atoms with E-state index in [0.29, 0.717) is 13.1 Å². The number of methoxy groups -OCH3 is 1. The Morgan fingerprint density at radius 2 is 2.07 bits per heavy atom. The van der Waals surface area contributed by atoms with E-state index in [9.17, 15) is 4.79 Å². The number of rotatable bonds is 6. The summed E-state index contributed by atoms with van der Waals surface area (Å²) < 4.78 is 5.23. The van der Waals surface area contributed by atoms with E-state index in [0.717, 1.165) is 0 Å². The molecule has 0 heterocycles. The fourth-order valence-corrected chi connectivity index (χ4v) is 0.891. The summed E-state index contributed by atoms with van der Waals surface area (Å²) in [7, 11) is 1.67. The second-order valence-corrected chi connectivity index (χ2v) is 3.96. The monoisotopic (exact) mass is 202 g/mol. The second kappa shape index (κ2) is 5.98. The first-order chi connectivity index (χ1) is 6.43. The Labute approximate surface area is 86.4 Å². The minimum atomic E-state index is -0.235. The fraction of sp³-hybridized carbons (Fsp3) is 0.900. The Morgan fingerprint density at radius 3 is 2.50 bits per heavy atom. The van der Waals surface area contributed by atoms with Crippen LogP contribution in [0.1, 0.15) is 27.7 Å². The quantitative estimate of drug-likeness (QED) is 0.660. The molecule has 84 valence electrons. The van der Waals surface area contributed by atoms with E-state index in [1.807, 2.05) is 27.7 Å². The van der Waals surface area contributed by atoms with Crippen molar-refractivity contribution < 1.29 is 9.53 Å². The van der Waals surface area contributed by atoms with Gasteiger partial charge >= 0.3 is 0 Å². The lowest BCUT2D eigenvalue weighted by atomic mass is 10.1. The van der Waals surface area contributed by atoms with E-state index in [1.54, 1.807) is 7.11 Å². The molecule has 4 nitrogen and oxygen atoms in total. The van der Waals surface area contributed by atoms with Gasteiger partial charge in [-0.1, -0.05) is 0 Å². The van der Waals surface area contributed by atoms with Crippen LogP contribution < -0.4 is 10.6 Å². The van der Waals surface area contributed by atoms with Crippen LogP contribution in [0.2, 0.25) is 0 Å². The number of carbonyl (C=O) groups is 1. The van der Waals surface area contributed by atoms with Gasteiger partial charge in [0.1, 0.15) is 0 Å². The molecule has 2 N–H and O–H groups in total. The molecule has 0 radical (unpaired) electrons. The minimum Gasteiger partial charge on any atom is -0.377 e. The molecule has 4 heteroatoms. The average molecular weight is 202 g/mol. The van der Waals surface area contributed by atoms with Crippen molar-refractivity contribution in [3.8, 4) is 0 Å². The molecule has 14 heavy (non-hydrogen) atoms. The van der Waals surface area contributed by atoms with E-state index < -0.39 is 0 Å². The Hall–Kier alpha value is -0.610. The summed E-state index contributed by atoms with van der Waals surface area (Å²) in [5.41, 5.74) is -0.235. The van der Waals surface area contributed by atoms with Crippen molar-refractivity contribution >= 4 is 5.91 Å². The van der Waals surface area contributed by atoms with Gasteiger partial charge in [-0.25, -0.2) is 0 Å². The number of ether oxygens (including phenoxy) is 1. The molecular weight excluding hydrogens is 180 g/mol. The Kier molecular flexibility index (Phi) is 5.72. The first-order valence-electron chi connectivity index (χ1n) is 4.99. The van der Waals surface area contributed by atoms with Crippen LogP contribution >= 0.6 is 0 Å². The predicted octanol–water partition coefficient (Wildman–Crippen LogP) is 0.526. The zero-order valence-corrected chi connectivity index (χ0v) is 9.81. The zero-order chi connectivity index (χ0) is 11.2. The van der Waals surface area contributed by atoms with E-state index in [2.05, 4.69) is 10.6 Å². The Morgan fingerprint density at radius 1 is 1.50 bits per heavy atom. The maximum atomic E-state index is 11.3. The number of nitrogens with one attached hydrogen (secondary N) is 2. The largest absolute Gasteiger partial charge is 0.377 e. The number of amides is 1. The van der Waals surface area contributed by atoms with Crippen molar-refractivity contribution in [2.24, 2.45) is 0 Å². The summed E-state index contributed by atoms with van der Waals surface area (Å²) in [5, 5.41) is 5.88. The van der Waals surface area contributed by atoms with E-state index in [-0.39, 0.29) is 17.6 Å². The van der Waals surface area contributed by atoms with Crippen molar-refractivity contribution in [1.82, 2.24) is 10.6 Å². The van der Waals surface area contributed by atoms with E-state index in [4.69, 9.17) is 4.74 Å². The molecule has 0 aliphatic rings. The molecule has 0 aliphatic heterocycles. The van der Waals surface area contributed by atoms with E-state index in [1.165, 1.54) is 0 Å². The fourth-order valence-electron chi connectivity index (χ4n) is 0.891. The van der Waals surface area contributed by atoms with Crippen LogP contribution in [-0.2, 0) is 9.53 Å². The topological polar surface area (TPSA) is 50.4 Å². The lowest BCUT2D eigenvalue weighted by molar-refractivity contribution is -0.122. The van der Waals surface area contributed by atoms with Crippen molar-refractivity contribution in [3.05, 3.63) is 0 Å². The first-order valence-corrected chi connectivity index (χ1v) is 4.99. The standard InChI is InChI=1S/C10H22N2O2/c1-6-11-9(13)8(2)12-7-10(3,4)14-5/h8,12H,6-7H2,1-5H3,(H,11,13). The van der Waals surface area contributed by atoms with Crippen molar-refractivity contribution in [2.75, 3.05) is 20.2 Å². The van der Waals surface area contributed by atoms with Crippen LogP contribution in [0.4, 0.5) is 0 Å². The molecule has 0 aliphatic carbocycles. The molecule has 0 saturated carbocycles. The highest BCUT2D eigenvalue weighted by Crippen LogP contribution is 2.04.